The second-order valence-electron chi connectivity index (χ2n) is 18.2. The molecule has 1 aromatic rings. The zero-order valence-corrected chi connectivity index (χ0v) is 43.4. The van der Waals surface area contributed by atoms with Gasteiger partial charge in [0.25, 0.3) is 0 Å². The first-order valence-electron chi connectivity index (χ1n) is 24.4. The number of hydrogen-bond acceptors (Lipinski definition) is 18. The Kier molecular flexibility index (Phi) is 29.7. The van der Waals surface area contributed by atoms with Gasteiger partial charge in [0.2, 0.25) is 47.3 Å². The van der Waals surface area contributed by atoms with E-state index in [0.717, 1.165) is 0 Å². The number of aromatic hydroxyl groups is 1. The number of unbranched alkanes of at least 4 members (excludes halogenated alkanes) is 1. The molecule has 0 aromatic heterocycles. The Morgan fingerprint density at radius 1 is 0.463 bits per heavy atom. The van der Waals surface area contributed by atoms with Crippen LogP contribution < -0.4 is 65.1 Å². The van der Waals surface area contributed by atoms with Crippen molar-refractivity contribution in [1.29, 1.82) is 5.41 Å². The summed E-state index contributed by atoms with van der Waals surface area (Å²) in [5.74, 6) is -22.1. The first-order chi connectivity index (χ1) is 37.3. The van der Waals surface area contributed by atoms with Crippen molar-refractivity contribution in [2.75, 3.05) is 13.1 Å². The van der Waals surface area contributed by atoms with Gasteiger partial charge in [0.1, 0.15) is 54.1 Å². The summed E-state index contributed by atoms with van der Waals surface area (Å²) in [5, 5.41) is 93.6. The van der Waals surface area contributed by atoms with Gasteiger partial charge in [0, 0.05) is 13.0 Å². The summed E-state index contributed by atoms with van der Waals surface area (Å²) in [4.78, 5) is 179. The van der Waals surface area contributed by atoms with Gasteiger partial charge in [-0.2, -0.15) is 0 Å². The summed E-state index contributed by atoms with van der Waals surface area (Å²) in [6.45, 7) is 3.34. The number of amides is 8. The molecule has 34 heteroatoms. The average molecular weight is 1140 g/mol. The highest BCUT2D eigenvalue weighted by molar-refractivity contribution is 6.00. The van der Waals surface area contributed by atoms with E-state index in [1.54, 1.807) is 19.2 Å². The standard InChI is InChI=1S/C46H69N13O21/c1-20(2)36(48)44(78)53-24(7-5-13-51-46(49)50)38(72)56-26(15-31(61)62)40(74)54-25(14-21-8-10-22(60)11-9-21)39(73)52-23(6-3-4-12-47)37(71)55-27(16-32(63)64)41(75)57-28(17-33(65)66)42(76)58-29(18-34(67)68)43(77)59-30(45(79)80)19-35(69)70/h8-11,20,23-30,36,60H,3-7,12-19,47-48H2,1-2H3,(H,52,73)(H,53,78)(H,54,74)(H,55,71)(H,56,72)(H,57,75)(H,58,76)(H,59,77)(H,61,62)(H,63,64)(H,65,66)(H,67,68)(H,69,70)(H,79,80)(H4,49,50,51)/t23-,24-,25-,26-,27-,28-,29-,30-,36-/m0/s1. The Labute approximate surface area is 455 Å². The van der Waals surface area contributed by atoms with Gasteiger partial charge in [-0.25, -0.2) is 4.79 Å². The van der Waals surface area contributed by atoms with Crippen molar-refractivity contribution < 1.29 is 103 Å². The molecule has 0 heterocycles. The van der Waals surface area contributed by atoms with Crippen LogP contribution in [-0.4, -0.2) is 192 Å². The largest absolute Gasteiger partial charge is 0.508 e. The summed E-state index contributed by atoms with van der Waals surface area (Å²) < 4.78 is 0. The molecule has 0 spiro atoms. The quantitative estimate of drug-likeness (QED) is 0.0166. The summed E-state index contributed by atoms with van der Waals surface area (Å²) >= 11 is 0. The molecule has 80 heavy (non-hydrogen) atoms. The minimum atomic E-state index is -2.30. The summed E-state index contributed by atoms with van der Waals surface area (Å²) in [7, 11) is 0. The number of nitrogens with one attached hydrogen (secondary N) is 10. The van der Waals surface area contributed by atoms with E-state index >= 15 is 0 Å². The molecule has 0 fully saturated rings. The number of carbonyl (C=O) groups is 14. The number of hydrogen-bond donors (Lipinski definition) is 20. The van der Waals surface area contributed by atoms with E-state index in [9.17, 15) is 97.8 Å². The second kappa shape index (κ2) is 34.5. The third-order valence-electron chi connectivity index (χ3n) is 11.3. The van der Waals surface area contributed by atoms with Crippen molar-refractivity contribution in [2.45, 2.75) is 139 Å². The third-order valence-corrected chi connectivity index (χ3v) is 11.3. The number of carboxylic acids is 6. The zero-order valence-electron chi connectivity index (χ0n) is 43.4. The minimum absolute atomic E-state index is 0.0391. The van der Waals surface area contributed by atoms with Gasteiger partial charge < -0.3 is 101 Å². The normalized spacial score (nSPS) is 14.2. The lowest BCUT2D eigenvalue weighted by molar-refractivity contribution is -0.148. The summed E-state index contributed by atoms with van der Waals surface area (Å²) in [6, 6.07) is -11.9. The van der Waals surface area contributed by atoms with Crippen molar-refractivity contribution in [1.82, 2.24) is 47.9 Å². The molecule has 1 aromatic carbocycles. The number of nitrogens with two attached hydrogens (primary N) is 3. The highest BCUT2D eigenvalue weighted by Crippen LogP contribution is 2.14. The fourth-order valence-corrected chi connectivity index (χ4v) is 7.02. The Hall–Kier alpha value is -9.21. The van der Waals surface area contributed by atoms with Crippen molar-refractivity contribution in [2.24, 2.45) is 23.1 Å². The molecule has 0 aliphatic rings. The maximum Gasteiger partial charge on any atom is 0.326 e. The number of carbonyl (C=O) groups excluding carboxylic acids is 8. The van der Waals surface area contributed by atoms with Gasteiger partial charge in [-0.1, -0.05) is 26.0 Å². The Balaban J connectivity index is 3.68. The first-order valence-corrected chi connectivity index (χ1v) is 24.4. The fraction of sp³-hybridized carbons (Fsp3) is 0.543. The average Bonchev–Trinajstić information content (AvgIpc) is 3.34. The predicted molar refractivity (Wildman–Crippen MR) is 271 cm³/mol. The van der Waals surface area contributed by atoms with Gasteiger partial charge in [-0.05, 0) is 62.3 Å². The van der Waals surface area contributed by atoms with Gasteiger partial charge in [0.05, 0.1) is 38.1 Å². The number of phenolic OH excluding ortho intramolecular Hbond substituents is 1. The SMILES string of the molecule is CC(C)[C@H](N)C(=O)N[C@@H](CCCNC(=N)N)C(=O)N[C@@H](CC(=O)O)C(=O)N[C@@H](Cc1ccc(O)cc1)C(=O)N[C@@H](CCCCN)C(=O)N[C@@H](CC(=O)O)C(=O)N[C@@H](CC(=O)O)C(=O)N[C@@H](CC(=O)O)C(=O)N[C@@H](CC(=O)O)C(=O)O. The monoisotopic (exact) mass is 1140 g/mol. The molecule has 0 unspecified atom stereocenters. The van der Waals surface area contributed by atoms with E-state index in [1.807, 2.05) is 10.6 Å². The van der Waals surface area contributed by atoms with Crippen molar-refractivity contribution >= 4 is 89.0 Å². The minimum Gasteiger partial charge on any atom is -0.508 e. The predicted octanol–water partition coefficient (Wildman–Crippen LogP) is -6.35. The molecular formula is C46H69N13O21. The topological polar surface area (TPSA) is 591 Å². The first kappa shape index (κ1) is 68.8. The van der Waals surface area contributed by atoms with E-state index in [-0.39, 0.29) is 56.5 Å². The molecule has 0 saturated carbocycles. The van der Waals surface area contributed by atoms with Crippen LogP contribution in [0.5, 0.6) is 5.75 Å². The van der Waals surface area contributed by atoms with Crippen molar-refractivity contribution in [3.8, 4) is 5.75 Å². The smallest absolute Gasteiger partial charge is 0.326 e. The number of phenols is 1. The van der Waals surface area contributed by atoms with Crippen molar-refractivity contribution in [3.05, 3.63) is 29.8 Å². The van der Waals surface area contributed by atoms with Crippen LogP contribution in [0.4, 0.5) is 0 Å². The lowest BCUT2D eigenvalue weighted by Crippen LogP contribution is -2.61. The van der Waals surface area contributed by atoms with Crippen molar-refractivity contribution in [3.63, 3.8) is 0 Å². The molecule has 0 aliphatic carbocycles. The Bertz CT molecular complexity index is 2420. The van der Waals surface area contributed by atoms with Gasteiger partial charge in [-0.15, -0.1) is 0 Å². The van der Waals surface area contributed by atoms with Crippen LogP contribution in [0.25, 0.3) is 0 Å². The lowest BCUT2D eigenvalue weighted by Gasteiger charge is -2.28. The molecule has 23 N–H and O–H groups in total. The van der Waals surface area contributed by atoms with E-state index in [1.165, 1.54) is 24.3 Å². The lowest BCUT2D eigenvalue weighted by atomic mass is 10.0. The van der Waals surface area contributed by atoms with Crippen LogP contribution >= 0.6 is 0 Å². The second-order valence-corrected chi connectivity index (χ2v) is 18.2. The number of rotatable bonds is 38. The van der Waals surface area contributed by atoms with Crippen LogP contribution in [-0.2, 0) is 73.5 Å². The zero-order chi connectivity index (χ0) is 61.0. The maximum atomic E-state index is 14.3. The van der Waals surface area contributed by atoms with Gasteiger partial charge >= 0.3 is 35.8 Å². The molecule has 0 saturated heterocycles. The van der Waals surface area contributed by atoms with Crippen LogP contribution in [0.2, 0.25) is 0 Å². The van der Waals surface area contributed by atoms with Crippen LogP contribution in [0.3, 0.4) is 0 Å². The molecule has 0 radical (unpaired) electrons. The number of carboxylic acid groups (broad SMARTS) is 6. The van der Waals surface area contributed by atoms with Gasteiger partial charge in [-0.3, -0.25) is 67.7 Å². The Morgan fingerprint density at radius 2 is 0.775 bits per heavy atom. The molecular weight excluding hydrogens is 1070 g/mol. The van der Waals surface area contributed by atoms with E-state index in [4.69, 9.17) is 27.7 Å². The molecule has 9 atom stereocenters. The third kappa shape index (κ3) is 26.7. The highest BCUT2D eigenvalue weighted by Gasteiger charge is 2.37. The van der Waals surface area contributed by atoms with Crippen LogP contribution in [0.15, 0.2) is 24.3 Å². The van der Waals surface area contributed by atoms with E-state index < -0.39 is 188 Å². The number of guanidine groups is 1. The fourth-order valence-electron chi connectivity index (χ4n) is 7.02. The molecule has 444 valence electrons. The van der Waals surface area contributed by atoms with Crippen LogP contribution in [0.1, 0.15) is 83.6 Å². The van der Waals surface area contributed by atoms with E-state index in [0.29, 0.717) is 0 Å². The molecule has 0 aliphatic heterocycles. The summed E-state index contributed by atoms with van der Waals surface area (Å²) in [5.41, 5.74) is 17.2. The van der Waals surface area contributed by atoms with E-state index in [2.05, 4.69) is 31.9 Å². The molecule has 8 amide bonds. The molecule has 1 rings (SSSR count). The Morgan fingerprint density at radius 3 is 1.12 bits per heavy atom. The summed E-state index contributed by atoms with van der Waals surface area (Å²) in [6.07, 6.45) is -6.86. The highest BCUT2D eigenvalue weighted by atomic mass is 16.4. The molecule has 0 bridgehead atoms. The van der Waals surface area contributed by atoms with Crippen LogP contribution in [0, 0.1) is 11.3 Å². The number of aliphatic carboxylic acids is 6. The number of benzene rings is 1. The van der Waals surface area contributed by atoms with Gasteiger partial charge in [0.15, 0.2) is 5.96 Å². The molecule has 34 nitrogen and oxygen atoms in total. The maximum absolute atomic E-state index is 14.3.